The minimum absolute atomic E-state index is 0.00611. The fourth-order valence-electron chi connectivity index (χ4n) is 3.99. The van der Waals surface area contributed by atoms with Gasteiger partial charge in [0.1, 0.15) is 11.8 Å². The average Bonchev–Trinajstić information content (AvgIpc) is 2.84. The van der Waals surface area contributed by atoms with Crippen LogP contribution in [0.4, 0.5) is 0 Å². The second-order valence-electron chi connectivity index (χ2n) is 9.70. The van der Waals surface area contributed by atoms with Gasteiger partial charge in [-0.15, -0.1) is 0 Å². The maximum absolute atomic E-state index is 12.8. The number of amides is 2. The molecule has 1 saturated heterocycles. The van der Waals surface area contributed by atoms with Crippen molar-refractivity contribution in [3.63, 3.8) is 0 Å². The van der Waals surface area contributed by atoms with Crippen molar-refractivity contribution in [2.75, 3.05) is 40.0 Å². The molecule has 0 spiro atoms. The van der Waals surface area contributed by atoms with E-state index >= 15 is 0 Å². The molecule has 2 aromatic carbocycles. The smallest absolute Gasteiger partial charge is 0.251 e. The summed E-state index contributed by atoms with van der Waals surface area (Å²) in [5.74, 6) is 0.315. The fourth-order valence-corrected chi connectivity index (χ4v) is 3.99. The SMILES string of the molecule is COc1ccc(C(CNC(=O)C(C)NC(=O)c2ccc(C(C)(C)C)cc2)N2CCOCC2)cc1. The summed E-state index contributed by atoms with van der Waals surface area (Å²) in [5, 5.41) is 5.84. The number of methoxy groups -OCH3 is 1. The Bertz CT molecular complexity index is 945. The van der Waals surface area contributed by atoms with Gasteiger partial charge in [0.05, 0.1) is 26.4 Å². The Hall–Kier alpha value is -2.90. The predicted octanol–water partition coefficient (Wildman–Crippen LogP) is 3.30. The summed E-state index contributed by atoms with van der Waals surface area (Å²) in [4.78, 5) is 27.8. The summed E-state index contributed by atoms with van der Waals surface area (Å²) in [7, 11) is 1.64. The Balaban J connectivity index is 1.60. The van der Waals surface area contributed by atoms with Crippen LogP contribution in [0, 0.1) is 0 Å². The summed E-state index contributed by atoms with van der Waals surface area (Å²) in [6.45, 7) is 11.5. The number of hydrogen-bond acceptors (Lipinski definition) is 5. The van der Waals surface area contributed by atoms with E-state index in [0.29, 0.717) is 25.3 Å². The van der Waals surface area contributed by atoms with Crippen molar-refractivity contribution >= 4 is 11.8 Å². The van der Waals surface area contributed by atoms with Crippen LogP contribution >= 0.6 is 0 Å². The van der Waals surface area contributed by atoms with Gasteiger partial charge in [0.2, 0.25) is 5.91 Å². The zero-order valence-electron chi connectivity index (χ0n) is 20.9. The van der Waals surface area contributed by atoms with Crippen LogP contribution < -0.4 is 15.4 Å². The minimum atomic E-state index is -0.656. The van der Waals surface area contributed by atoms with Crippen LogP contribution in [0.5, 0.6) is 5.75 Å². The van der Waals surface area contributed by atoms with Gasteiger partial charge >= 0.3 is 0 Å². The van der Waals surface area contributed by atoms with Crippen molar-refractivity contribution in [1.82, 2.24) is 15.5 Å². The van der Waals surface area contributed by atoms with Gasteiger partial charge < -0.3 is 20.1 Å². The van der Waals surface area contributed by atoms with E-state index < -0.39 is 6.04 Å². The predicted molar refractivity (Wildman–Crippen MR) is 133 cm³/mol. The molecular formula is C27H37N3O4. The molecule has 0 aliphatic carbocycles. The fraction of sp³-hybridized carbons (Fsp3) is 0.481. The average molecular weight is 468 g/mol. The molecule has 1 heterocycles. The van der Waals surface area contributed by atoms with E-state index in [2.05, 4.69) is 36.3 Å². The molecule has 7 nitrogen and oxygen atoms in total. The van der Waals surface area contributed by atoms with Crippen LogP contribution in [0.2, 0.25) is 0 Å². The summed E-state index contributed by atoms with van der Waals surface area (Å²) < 4.78 is 10.8. The monoisotopic (exact) mass is 467 g/mol. The number of nitrogens with zero attached hydrogens (tertiary/aromatic N) is 1. The van der Waals surface area contributed by atoms with Gasteiger partial charge in [-0.2, -0.15) is 0 Å². The summed E-state index contributed by atoms with van der Waals surface area (Å²) in [5.41, 5.74) is 2.81. The highest BCUT2D eigenvalue weighted by molar-refractivity contribution is 5.97. The molecule has 1 aliphatic rings. The van der Waals surface area contributed by atoms with E-state index in [9.17, 15) is 9.59 Å². The lowest BCUT2D eigenvalue weighted by Gasteiger charge is -2.35. The number of carbonyl (C=O) groups excluding carboxylic acids is 2. The lowest BCUT2D eigenvalue weighted by atomic mass is 9.86. The molecule has 7 heteroatoms. The molecule has 0 aromatic heterocycles. The zero-order chi connectivity index (χ0) is 24.7. The quantitative estimate of drug-likeness (QED) is 0.623. The normalized spacial score (nSPS) is 16.4. The van der Waals surface area contributed by atoms with Gasteiger partial charge in [-0.3, -0.25) is 14.5 Å². The standard InChI is InChI=1S/C27H37N3O4/c1-19(29-26(32)21-6-10-22(11-7-21)27(2,3)4)25(31)28-18-24(30-14-16-34-17-15-30)20-8-12-23(33-5)13-9-20/h6-13,19,24H,14-18H2,1-5H3,(H,28,31)(H,29,32). The molecule has 34 heavy (non-hydrogen) atoms. The van der Waals surface area contributed by atoms with E-state index in [0.717, 1.165) is 30.0 Å². The van der Waals surface area contributed by atoms with E-state index in [1.54, 1.807) is 26.2 Å². The molecule has 2 N–H and O–H groups in total. The van der Waals surface area contributed by atoms with Crippen molar-refractivity contribution in [3.8, 4) is 5.75 Å². The van der Waals surface area contributed by atoms with Gasteiger partial charge in [0.25, 0.3) is 5.91 Å². The topological polar surface area (TPSA) is 79.9 Å². The molecule has 184 valence electrons. The molecule has 0 saturated carbocycles. The Morgan fingerprint density at radius 2 is 1.65 bits per heavy atom. The highest BCUT2D eigenvalue weighted by atomic mass is 16.5. The number of nitrogens with one attached hydrogen (secondary N) is 2. The second kappa shape index (κ2) is 11.5. The van der Waals surface area contributed by atoms with Gasteiger partial charge in [0, 0.05) is 25.2 Å². The highest BCUT2D eigenvalue weighted by Crippen LogP contribution is 2.24. The van der Waals surface area contributed by atoms with Crippen molar-refractivity contribution in [1.29, 1.82) is 0 Å². The molecule has 2 atom stereocenters. The first kappa shape index (κ1) is 25.7. The Labute approximate surface area is 202 Å². The number of morpholine rings is 1. The molecule has 1 aliphatic heterocycles. The lowest BCUT2D eigenvalue weighted by Crippen LogP contribution is -2.48. The van der Waals surface area contributed by atoms with Crippen molar-refractivity contribution < 1.29 is 19.1 Å². The van der Waals surface area contributed by atoms with E-state index in [-0.39, 0.29) is 23.3 Å². The maximum Gasteiger partial charge on any atom is 0.251 e. The highest BCUT2D eigenvalue weighted by Gasteiger charge is 2.25. The van der Waals surface area contributed by atoms with Crippen LogP contribution in [-0.4, -0.2) is 62.7 Å². The molecule has 0 bridgehead atoms. The molecule has 2 unspecified atom stereocenters. The first-order valence-electron chi connectivity index (χ1n) is 11.8. The minimum Gasteiger partial charge on any atom is -0.497 e. The van der Waals surface area contributed by atoms with E-state index in [1.807, 2.05) is 36.4 Å². The largest absolute Gasteiger partial charge is 0.497 e. The Morgan fingerprint density at radius 1 is 1.03 bits per heavy atom. The zero-order valence-corrected chi connectivity index (χ0v) is 20.9. The van der Waals surface area contributed by atoms with Gasteiger partial charge in [-0.1, -0.05) is 45.0 Å². The van der Waals surface area contributed by atoms with Crippen LogP contribution in [0.15, 0.2) is 48.5 Å². The van der Waals surface area contributed by atoms with Crippen molar-refractivity contribution in [2.24, 2.45) is 0 Å². The molecular weight excluding hydrogens is 430 g/mol. The van der Waals surface area contributed by atoms with Crippen LogP contribution in [-0.2, 0) is 14.9 Å². The third-order valence-corrected chi connectivity index (χ3v) is 6.21. The molecule has 0 radical (unpaired) electrons. The van der Waals surface area contributed by atoms with Gasteiger partial charge in [-0.25, -0.2) is 0 Å². The van der Waals surface area contributed by atoms with E-state index in [4.69, 9.17) is 9.47 Å². The first-order valence-corrected chi connectivity index (χ1v) is 11.8. The van der Waals surface area contributed by atoms with Crippen LogP contribution in [0.1, 0.15) is 55.2 Å². The first-order chi connectivity index (χ1) is 16.2. The van der Waals surface area contributed by atoms with Crippen LogP contribution in [0.3, 0.4) is 0 Å². The maximum atomic E-state index is 12.8. The number of carbonyl (C=O) groups is 2. The third kappa shape index (κ3) is 6.81. The number of ether oxygens (including phenoxy) is 2. The van der Waals surface area contributed by atoms with Gasteiger partial charge in [0.15, 0.2) is 0 Å². The van der Waals surface area contributed by atoms with E-state index in [1.165, 1.54) is 0 Å². The molecule has 3 rings (SSSR count). The number of hydrogen-bond donors (Lipinski definition) is 2. The Morgan fingerprint density at radius 3 is 2.21 bits per heavy atom. The lowest BCUT2D eigenvalue weighted by molar-refractivity contribution is -0.122. The summed E-state index contributed by atoms with van der Waals surface area (Å²) >= 11 is 0. The second-order valence-corrected chi connectivity index (χ2v) is 9.70. The summed E-state index contributed by atoms with van der Waals surface area (Å²) in [6.07, 6.45) is 0. The number of benzene rings is 2. The van der Waals surface area contributed by atoms with Crippen LogP contribution in [0.25, 0.3) is 0 Å². The Kier molecular flexibility index (Phi) is 8.69. The van der Waals surface area contributed by atoms with Crippen molar-refractivity contribution in [3.05, 3.63) is 65.2 Å². The molecule has 2 amide bonds. The third-order valence-electron chi connectivity index (χ3n) is 6.21. The van der Waals surface area contributed by atoms with Gasteiger partial charge in [-0.05, 0) is 47.7 Å². The van der Waals surface area contributed by atoms with Crippen molar-refractivity contribution in [2.45, 2.75) is 45.2 Å². The molecule has 1 fully saturated rings. The number of rotatable bonds is 8. The summed E-state index contributed by atoms with van der Waals surface area (Å²) in [6, 6.07) is 14.8. The molecule has 2 aromatic rings.